The summed E-state index contributed by atoms with van der Waals surface area (Å²) < 4.78 is 26.6. The number of sulfonamides is 1. The normalized spacial score (nSPS) is 17.7. The number of piperidine rings is 1. The highest BCUT2D eigenvalue weighted by atomic mass is 32.2. The Bertz CT molecular complexity index is 882. The van der Waals surface area contributed by atoms with E-state index in [-0.39, 0.29) is 17.9 Å². The quantitative estimate of drug-likeness (QED) is 0.789. The third kappa shape index (κ3) is 4.77. The molecule has 0 radical (unpaired) electrons. The molecule has 0 bridgehead atoms. The zero-order valence-electron chi connectivity index (χ0n) is 15.9. The second kappa shape index (κ2) is 8.12. The second-order valence-electron chi connectivity index (χ2n) is 7.13. The van der Waals surface area contributed by atoms with E-state index < -0.39 is 10.0 Å². The van der Waals surface area contributed by atoms with Crippen LogP contribution in [0.4, 0.5) is 0 Å². The van der Waals surface area contributed by atoms with Crippen LogP contribution < -0.4 is 5.32 Å². The number of thiophene rings is 1. The molecule has 0 unspecified atom stereocenters. The summed E-state index contributed by atoms with van der Waals surface area (Å²) in [6.45, 7) is 5.25. The molecule has 7 nitrogen and oxygen atoms in total. The molecule has 1 saturated heterocycles. The number of carbonyl (C=O) groups excluding carboxylic acids is 1. The number of rotatable bonds is 6. The fraction of sp³-hybridized carbons (Fsp3) is 0.556. The Balaban J connectivity index is 1.64. The van der Waals surface area contributed by atoms with Gasteiger partial charge in [-0.05, 0) is 55.1 Å². The minimum absolute atomic E-state index is 0.00934. The molecular weight excluding hydrogens is 384 g/mol. The first-order valence-corrected chi connectivity index (χ1v) is 11.8. The van der Waals surface area contributed by atoms with E-state index in [9.17, 15) is 13.2 Å². The van der Waals surface area contributed by atoms with Crippen LogP contribution in [0.15, 0.2) is 22.9 Å². The number of carbonyl (C=O) groups is 1. The van der Waals surface area contributed by atoms with E-state index in [2.05, 4.69) is 21.9 Å². The Kier molecular flexibility index (Phi) is 6.02. The minimum Gasteiger partial charge on any atom is -0.353 e. The first kappa shape index (κ1) is 20.0. The van der Waals surface area contributed by atoms with Crippen molar-refractivity contribution >= 4 is 27.3 Å². The molecule has 1 fully saturated rings. The zero-order chi connectivity index (χ0) is 19.6. The third-order valence-corrected chi connectivity index (χ3v) is 7.04. The van der Waals surface area contributed by atoms with Gasteiger partial charge in [0.2, 0.25) is 15.9 Å². The van der Waals surface area contributed by atoms with Crippen LogP contribution in [0, 0.1) is 19.8 Å². The molecule has 0 aliphatic carbocycles. The highest BCUT2D eigenvalue weighted by molar-refractivity contribution is 7.88. The minimum atomic E-state index is -3.18. The summed E-state index contributed by atoms with van der Waals surface area (Å²) in [4.78, 5) is 12.6. The third-order valence-electron chi connectivity index (χ3n) is 5.03. The maximum Gasteiger partial charge on any atom is 0.223 e. The maximum absolute atomic E-state index is 12.6. The molecule has 1 amide bonds. The fourth-order valence-corrected chi connectivity index (χ4v) is 5.14. The molecule has 1 aliphatic heterocycles. The van der Waals surface area contributed by atoms with Crippen LogP contribution in [0.25, 0.3) is 0 Å². The van der Waals surface area contributed by atoms with E-state index in [0.29, 0.717) is 32.5 Å². The second-order valence-corrected chi connectivity index (χ2v) is 9.89. The van der Waals surface area contributed by atoms with Gasteiger partial charge in [0.25, 0.3) is 0 Å². The fourth-order valence-electron chi connectivity index (χ4n) is 3.56. The Morgan fingerprint density at radius 3 is 2.59 bits per heavy atom. The van der Waals surface area contributed by atoms with Gasteiger partial charge < -0.3 is 5.32 Å². The van der Waals surface area contributed by atoms with Crippen molar-refractivity contribution in [2.24, 2.45) is 5.92 Å². The molecule has 2 aromatic rings. The van der Waals surface area contributed by atoms with E-state index in [1.165, 1.54) is 10.6 Å². The summed E-state index contributed by atoms with van der Waals surface area (Å²) in [6.07, 6.45) is 2.33. The van der Waals surface area contributed by atoms with Gasteiger partial charge in [-0.1, -0.05) is 0 Å². The van der Waals surface area contributed by atoms with Gasteiger partial charge in [-0.15, -0.1) is 0 Å². The highest BCUT2D eigenvalue weighted by Gasteiger charge is 2.29. The van der Waals surface area contributed by atoms with E-state index in [4.69, 9.17) is 0 Å². The predicted octanol–water partition coefficient (Wildman–Crippen LogP) is 1.94. The lowest BCUT2D eigenvalue weighted by Gasteiger charge is -2.30. The van der Waals surface area contributed by atoms with Crippen molar-refractivity contribution in [3.63, 3.8) is 0 Å². The molecule has 0 aromatic carbocycles. The van der Waals surface area contributed by atoms with Crippen molar-refractivity contribution in [3.05, 3.63) is 39.8 Å². The van der Waals surface area contributed by atoms with Crippen LogP contribution in [-0.2, 0) is 14.8 Å². The molecule has 148 valence electrons. The monoisotopic (exact) mass is 410 g/mol. The topological polar surface area (TPSA) is 84.3 Å². The molecular formula is C18H26N4O3S2. The van der Waals surface area contributed by atoms with Crippen molar-refractivity contribution < 1.29 is 13.2 Å². The van der Waals surface area contributed by atoms with Gasteiger partial charge >= 0.3 is 0 Å². The molecule has 0 spiro atoms. The van der Waals surface area contributed by atoms with Crippen molar-refractivity contribution in [1.82, 2.24) is 19.4 Å². The summed E-state index contributed by atoms with van der Waals surface area (Å²) >= 11 is 1.62. The first-order valence-electron chi connectivity index (χ1n) is 9.03. The van der Waals surface area contributed by atoms with Gasteiger partial charge in [-0.25, -0.2) is 12.7 Å². The summed E-state index contributed by atoms with van der Waals surface area (Å²) in [5.41, 5.74) is 3.13. The average molecular weight is 411 g/mol. The van der Waals surface area contributed by atoms with Crippen LogP contribution in [0.2, 0.25) is 0 Å². The van der Waals surface area contributed by atoms with Crippen LogP contribution in [0.3, 0.4) is 0 Å². The standard InChI is InChI=1S/C18H26N4O3S2/c1-13-10-14(2)22(20-13)17(16-6-9-26-12-16)11-19-18(23)15-4-7-21(8-5-15)27(3,24)25/h6,9-10,12,15,17H,4-5,7-8,11H2,1-3H3,(H,19,23)/t17-/m1/s1. The van der Waals surface area contributed by atoms with E-state index in [1.807, 2.05) is 30.0 Å². The molecule has 27 heavy (non-hydrogen) atoms. The molecule has 1 aliphatic rings. The van der Waals surface area contributed by atoms with Crippen LogP contribution in [0.5, 0.6) is 0 Å². The van der Waals surface area contributed by atoms with Crippen LogP contribution in [-0.4, -0.2) is 54.3 Å². The molecule has 1 atom stereocenters. The molecule has 2 aromatic heterocycles. The molecule has 9 heteroatoms. The highest BCUT2D eigenvalue weighted by Crippen LogP contribution is 2.23. The van der Waals surface area contributed by atoms with E-state index in [1.54, 1.807) is 11.3 Å². The van der Waals surface area contributed by atoms with Gasteiger partial charge in [0.1, 0.15) is 0 Å². The van der Waals surface area contributed by atoms with Crippen molar-refractivity contribution in [3.8, 4) is 0 Å². The Morgan fingerprint density at radius 1 is 1.37 bits per heavy atom. The lowest BCUT2D eigenvalue weighted by atomic mass is 9.97. The largest absolute Gasteiger partial charge is 0.353 e. The Hall–Kier alpha value is -1.71. The number of nitrogens with zero attached hydrogens (tertiary/aromatic N) is 3. The van der Waals surface area contributed by atoms with E-state index >= 15 is 0 Å². The van der Waals surface area contributed by atoms with Gasteiger partial charge in [0.05, 0.1) is 18.0 Å². The Morgan fingerprint density at radius 2 is 2.07 bits per heavy atom. The van der Waals surface area contributed by atoms with Crippen molar-refractivity contribution in [2.75, 3.05) is 25.9 Å². The lowest BCUT2D eigenvalue weighted by Crippen LogP contribution is -2.43. The lowest BCUT2D eigenvalue weighted by molar-refractivity contribution is -0.126. The number of amides is 1. The van der Waals surface area contributed by atoms with Crippen molar-refractivity contribution in [1.29, 1.82) is 0 Å². The SMILES string of the molecule is Cc1cc(C)n([C@H](CNC(=O)C2CCN(S(C)(=O)=O)CC2)c2ccsc2)n1. The number of nitrogens with one attached hydrogen (secondary N) is 1. The summed E-state index contributed by atoms with van der Waals surface area (Å²) in [5.74, 6) is -0.156. The van der Waals surface area contributed by atoms with Gasteiger partial charge in [-0.3, -0.25) is 9.48 Å². The molecule has 3 heterocycles. The summed E-state index contributed by atoms with van der Waals surface area (Å²) in [6, 6.07) is 4.04. The first-order chi connectivity index (χ1) is 12.8. The van der Waals surface area contributed by atoms with E-state index in [0.717, 1.165) is 17.0 Å². The Labute approximate surface area is 164 Å². The number of aryl methyl sites for hydroxylation is 2. The van der Waals surface area contributed by atoms with Gasteiger partial charge in [-0.2, -0.15) is 16.4 Å². The van der Waals surface area contributed by atoms with Crippen LogP contribution in [0.1, 0.15) is 35.8 Å². The summed E-state index contributed by atoms with van der Waals surface area (Å²) in [5, 5.41) is 11.8. The van der Waals surface area contributed by atoms with Crippen LogP contribution >= 0.6 is 11.3 Å². The number of hydrogen-bond donors (Lipinski definition) is 1. The molecule has 3 rings (SSSR count). The zero-order valence-corrected chi connectivity index (χ0v) is 17.5. The van der Waals surface area contributed by atoms with Crippen molar-refractivity contribution in [2.45, 2.75) is 32.7 Å². The number of hydrogen-bond acceptors (Lipinski definition) is 5. The maximum atomic E-state index is 12.6. The predicted molar refractivity (Wildman–Crippen MR) is 106 cm³/mol. The van der Waals surface area contributed by atoms with Gasteiger partial charge in [0.15, 0.2) is 0 Å². The van der Waals surface area contributed by atoms with Gasteiger partial charge in [0, 0.05) is 31.2 Å². The number of aromatic nitrogens is 2. The summed E-state index contributed by atoms with van der Waals surface area (Å²) in [7, 11) is -3.18. The smallest absolute Gasteiger partial charge is 0.223 e. The average Bonchev–Trinajstić information content (AvgIpc) is 3.25. The molecule has 0 saturated carbocycles. The molecule has 1 N–H and O–H groups in total.